The van der Waals surface area contributed by atoms with Crippen molar-refractivity contribution in [1.29, 1.82) is 0 Å². The van der Waals surface area contributed by atoms with E-state index >= 15 is 0 Å². The van der Waals surface area contributed by atoms with Crippen LogP contribution in [-0.2, 0) is 0 Å². The summed E-state index contributed by atoms with van der Waals surface area (Å²) in [6, 6.07) is 7.21. The van der Waals surface area contributed by atoms with Gasteiger partial charge in [-0.2, -0.15) is 0 Å². The molecule has 0 aliphatic carbocycles. The molecule has 7 nitrogen and oxygen atoms in total. The Kier molecular flexibility index (Phi) is 2.82. The minimum Gasteiger partial charge on any atom is -0.351 e. The quantitative estimate of drug-likeness (QED) is 0.644. The third-order valence-electron chi connectivity index (χ3n) is 2.01. The summed E-state index contributed by atoms with van der Waals surface area (Å²) in [6.07, 6.45) is 1.31. The Hall–Kier alpha value is -2.70. The van der Waals surface area contributed by atoms with Gasteiger partial charge in [-0.3, -0.25) is 14.9 Å². The van der Waals surface area contributed by atoms with E-state index < -0.39 is 10.8 Å². The van der Waals surface area contributed by atoms with Crippen LogP contribution in [0, 0.1) is 10.1 Å². The highest BCUT2D eigenvalue weighted by Gasteiger charge is 2.17. The molecule has 0 fully saturated rings. The van der Waals surface area contributed by atoms with E-state index in [0.717, 1.165) is 0 Å². The van der Waals surface area contributed by atoms with Crippen molar-refractivity contribution in [2.45, 2.75) is 0 Å². The van der Waals surface area contributed by atoms with Gasteiger partial charge in [0, 0.05) is 12.1 Å². The number of nitro groups is 1. The maximum atomic E-state index is 11.6. The monoisotopic (exact) mass is 233 g/mol. The van der Waals surface area contributed by atoms with Crippen LogP contribution in [0.3, 0.4) is 0 Å². The van der Waals surface area contributed by atoms with E-state index in [-0.39, 0.29) is 17.1 Å². The lowest BCUT2D eigenvalue weighted by molar-refractivity contribution is -0.383. The van der Waals surface area contributed by atoms with Crippen molar-refractivity contribution in [2.24, 2.45) is 0 Å². The zero-order chi connectivity index (χ0) is 12.3. The number of amides is 1. The van der Waals surface area contributed by atoms with Gasteiger partial charge in [0.15, 0.2) is 0 Å². The predicted octanol–water partition coefficient (Wildman–Crippen LogP) is 1.84. The molecule has 1 N–H and O–H groups in total. The van der Waals surface area contributed by atoms with E-state index in [1.165, 1.54) is 30.5 Å². The summed E-state index contributed by atoms with van der Waals surface area (Å²) < 4.78 is 4.64. The van der Waals surface area contributed by atoms with Gasteiger partial charge in [-0.25, -0.2) is 0 Å². The fraction of sp³-hybridized carbons (Fsp3) is 0. The molecule has 0 saturated carbocycles. The Morgan fingerprint density at radius 2 is 2.12 bits per heavy atom. The minimum atomic E-state index is -0.586. The molecule has 17 heavy (non-hydrogen) atoms. The molecule has 0 spiro atoms. The summed E-state index contributed by atoms with van der Waals surface area (Å²) in [5.74, 6) is -0.597. The van der Waals surface area contributed by atoms with Gasteiger partial charge in [-0.1, -0.05) is 17.3 Å². The molecular formula is C10H7N3O4. The van der Waals surface area contributed by atoms with Crippen LogP contribution in [0.15, 0.2) is 41.1 Å². The van der Waals surface area contributed by atoms with E-state index in [9.17, 15) is 14.9 Å². The third-order valence-corrected chi connectivity index (χ3v) is 2.01. The Labute approximate surface area is 95.2 Å². The van der Waals surface area contributed by atoms with Gasteiger partial charge in [0.25, 0.3) is 11.6 Å². The highest BCUT2D eigenvalue weighted by Crippen LogP contribution is 2.23. The van der Waals surface area contributed by atoms with Gasteiger partial charge in [0.1, 0.15) is 5.69 Å². The zero-order valence-electron chi connectivity index (χ0n) is 8.49. The summed E-state index contributed by atoms with van der Waals surface area (Å²) in [7, 11) is 0. The Bertz CT molecular complexity index is 550. The first-order chi connectivity index (χ1) is 8.18. The molecule has 1 heterocycles. The second-order valence-corrected chi connectivity index (χ2v) is 3.11. The van der Waals surface area contributed by atoms with Crippen LogP contribution >= 0.6 is 0 Å². The van der Waals surface area contributed by atoms with Gasteiger partial charge >= 0.3 is 0 Å². The number of benzene rings is 1. The van der Waals surface area contributed by atoms with Gasteiger partial charge in [-0.05, 0) is 6.07 Å². The molecule has 0 atom stereocenters. The molecule has 0 aliphatic heterocycles. The van der Waals surface area contributed by atoms with Crippen molar-refractivity contribution in [3.05, 3.63) is 52.4 Å². The molecule has 0 unspecified atom stereocenters. The third kappa shape index (κ3) is 2.28. The molecule has 1 aromatic heterocycles. The first-order valence-corrected chi connectivity index (χ1v) is 4.64. The maximum absolute atomic E-state index is 11.6. The van der Waals surface area contributed by atoms with Crippen LogP contribution in [0.4, 0.5) is 11.4 Å². The van der Waals surface area contributed by atoms with Crippen LogP contribution in [0.1, 0.15) is 10.6 Å². The van der Waals surface area contributed by atoms with E-state index in [4.69, 9.17) is 0 Å². The van der Waals surface area contributed by atoms with Crippen LogP contribution in [0.5, 0.6) is 0 Å². The van der Waals surface area contributed by atoms with Crippen LogP contribution in [-0.4, -0.2) is 16.0 Å². The van der Waals surface area contributed by atoms with Crippen molar-refractivity contribution in [3.8, 4) is 0 Å². The standard InChI is InChI=1S/C10H7N3O4/c14-10(9-5-6-11-17-9)12-7-3-1-2-4-8(7)13(15)16/h1-6H,(H,12,14). The van der Waals surface area contributed by atoms with Crippen LogP contribution in [0.25, 0.3) is 0 Å². The number of hydrogen-bond acceptors (Lipinski definition) is 5. The van der Waals surface area contributed by atoms with Crippen LogP contribution < -0.4 is 5.32 Å². The molecule has 86 valence electrons. The number of carbonyl (C=O) groups is 1. The Morgan fingerprint density at radius 3 is 2.76 bits per heavy atom. The molecule has 7 heteroatoms. The first kappa shape index (κ1) is 10.8. The van der Waals surface area contributed by atoms with E-state index in [1.807, 2.05) is 0 Å². The number of nitrogens with zero attached hydrogens (tertiary/aromatic N) is 2. The van der Waals surface area contributed by atoms with Crippen molar-refractivity contribution < 1.29 is 14.2 Å². The average Bonchev–Trinajstić information content (AvgIpc) is 2.83. The SMILES string of the molecule is O=C(Nc1ccccc1[N+](=O)[O-])c1ccno1. The molecule has 1 aromatic carbocycles. The first-order valence-electron chi connectivity index (χ1n) is 4.64. The summed E-state index contributed by atoms with van der Waals surface area (Å²) >= 11 is 0. The largest absolute Gasteiger partial charge is 0.351 e. The van der Waals surface area contributed by atoms with Gasteiger partial charge in [0.05, 0.1) is 11.1 Å². The summed E-state index contributed by atoms with van der Waals surface area (Å²) in [5, 5.41) is 16.5. The van der Waals surface area contributed by atoms with E-state index in [0.29, 0.717) is 0 Å². The highest BCUT2D eigenvalue weighted by molar-refractivity contribution is 6.03. The maximum Gasteiger partial charge on any atom is 0.294 e. The summed E-state index contributed by atoms with van der Waals surface area (Å²) in [5.41, 5.74) is -0.0701. The summed E-state index contributed by atoms with van der Waals surface area (Å²) in [4.78, 5) is 21.7. The molecule has 2 rings (SSSR count). The van der Waals surface area contributed by atoms with Crippen LogP contribution in [0.2, 0.25) is 0 Å². The number of nitro benzene ring substituents is 1. The van der Waals surface area contributed by atoms with E-state index in [2.05, 4.69) is 15.0 Å². The molecule has 0 aliphatic rings. The number of rotatable bonds is 3. The number of carbonyl (C=O) groups excluding carboxylic acids is 1. The number of aromatic nitrogens is 1. The normalized spacial score (nSPS) is 9.88. The van der Waals surface area contributed by atoms with Crippen molar-refractivity contribution in [1.82, 2.24) is 5.16 Å². The average molecular weight is 233 g/mol. The zero-order valence-corrected chi connectivity index (χ0v) is 8.49. The van der Waals surface area contributed by atoms with Gasteiger partial charge in [-0.15, -0.1) is 0 Å². The number of hydrogen-bond donors (Lipinski definition) is 1. The van der Waals surface area contributed by atoms with Gasteiger partial charge in [0.2, 0.25) is 5.76 Å². The number of para-hydroxylation sites is 2. The molecule has 0 saturated heterocycles. The number of nitrogens with one attached hydrogen (secondary N) is 1. The number of anilines is 1. The second-order valence-electron chi connectivity index (χ2n) is 3.11. The smallest absolute Gasteiger partial charge is 0.294 e. The lowest BCUT2D eigenvalue weighted by atomic mass is 10.2. The second kappa shape index (κ2) is 4.44. The molecule has 0 radical (unpaired) electrons. The van der Waals surface area contributed by atoms with E-state index in [1.54, 1.807) is 6.07 Å². The Balaban J connectivity index is 2.25. The van der Waals surface area contributed by atoms with Crippen molar-refractivity contribution in [3.63, 3.8) is 0 Å². The minimum absolute atomic E-state index is 0.0110. The van der Waals surface area contributed by atoms with Crippen molar-refractivity contribution >= 4 is 17.3 Å². The Morgan fingerprint density at radius 1 is 1.35 bits per heavy atom. The van der Waals surface area contributed by atoms with Gasteiger partial charge < -0.3 is 9.84 Å². The van der Waals surface area contributed by atoms with Crippen molar-refractivity contribution in [2.75, 3.05) is 5.32 Å². The molecule has 2 aromatic rings. The summed E-state index contributed by atoms with van der Waals surface area (Å²) in [6.45, 7) is 0. The highest BCUT2D eigenvalue weighted by atomic mass is 16.6. The molecule has 1 amide bonds. The molecular weight excluding hydrogens is 226 g/mol. The fourth-order valence-electron chi connectivity index (χ4n) is 1.26. The lowest BCUT2D eigenvalue weighted by Gasteiger charge is -2.02. The fourth-order valence-corrected chi connectivity index (χ4v) is 1.26. The lowest BCUT2D eigenvalue weighted by Crippen LogP contribution is -2.12. The molecule has 0 bridgehead atoms. The predicted molar refractivity (Wildman–Crippen MR) is 57.6 cm³/mol. The topological polar surface area (TPSA) is 98.3 Å².